The maximum Gasteiger partial charge on any atom is 0.434 e. The Hall–Kier alpha value is -3.01. The number of hydrogen-bond acceptors (Lipinski definition) is 4. The second kappa shape index (κ2) is 9.56. The second-order valence-electron chi connectivity index (χ2n) is 7.59. The quantitative estimate of drug-likeness (QED) is 0.268. The predicted octanol–water partition coefficient (Wildman–Crippen LogP) is 6.85. The molecule has 0 amide bonds. The number of para-hydroxylation sites is 1. The van der Waals surface area contributed by atoms with Gasteiger partial charge in [-0.05, 0) is 47.5 Å². The Kier molecular flexibility index (Phi) is 6.86. The van der Waals surface area contributed by atoms with Crippen LogP contribution in [-0.2, 0) is 22.6 Å². The molecule has 4 rings (SSSR count). The smallest absolute Gasteiger partial charge is 0.434 e. The monoisotopic (exact) mass is 540 g/mol. The van der Waals surface area contributed by atoms with Gasteiger partial charge in [0.15, 0.2) is 21.4 Å². The fourth-order valence-corrected chi connectivity index (χ4v) is 4.57. The summed E-state index contributed by atoms with van der Waals surface area (Å²) in [5.41, 5.74) is 0.675. The molecule has 11 heteroatoms. The molecule has 0 unspecified atom stereocenters. The lowest BCUT2D eigenvalue weighted by Crippen LogP contribution is -2.06. The van der Waals surface area contributed by atoms with Crippen molar-refractivity contribution in [2.24, 2.45) is 0 Å². The van der Waals surface area contributed by atoms with E-state index in [0.717, 1.165) is 23.6 Å². The molecule has 4 aromatic rings. The number of imidazole rings is 1. The second-order valence-corrected chi connectivity index (χ2v) is 10.4. The molecule has 0 fully saturated rings. The molecule has 0 spiro atoms. The summed E-state index contributed by atoms with van der Waals surface area (Å²) in [6, 6.07) is 17.9. The lowest BCUT2D eigenvalue weighted by atomic mass is 10.1. The van der Waals surface area contributed by atoms with Gasteiger partial charge in [0.25, 0.3) is 0 Å². The van der Waals surface area contributed by atoms with Crippen LogP contribution in [0.3, 0.4) is 0 Å². The third-order valence-electron chi connectivity index (χ3n) is 5.09. The zero-order chi connectivity index (χ0) is 25.4. The minimum Gasteiger partial charge on any atom is -0.486 e. The van der Waals surface area contributed by atoms with E-state index in [4.69, 9.17) is 27.9 Å². The van der Waals surface area contributed by atoms with Crippen LogP contribution >= 0.6 is 23.2 Å². The standard InChI is InChI=1S/C24H17Cl2F3N2O3S/c1-35(32,33)18-11-7-16(8-12-18)15-5-9-17(10-6-15)34-14-22-30-21(24(27,28)29)13-31(22)23-19(25)3-2-4-20(23)26/h2-13H,14H2,1H3. The van der Waals surface area contributed by atoms with Crippen LogP contribution in [0.4, 0.5) is 13.2 Å². The average Bonchev–Trinajstić information content (AvgIpc) is 3.22. The summed E-state index contributed by atoms with van der Waals surface area (Å²) < 4.78 is 70.1. The van der Waals surface area contributed by atoms with E-state index in [9.17, 15) is 21.6 Å². The summed E-state index contributed by atoms with van der Waals surface area (Å²) in [5.74, 6) is 0.364. The number of benzene rings is 3. The van der Waals surface area contributed by atoms with Crippen molar-refractivity contribution in [3.05, 3.63) is 94.5 Å². The summed E-state index contributed by atoms with van der Waals surface area (Å²) >= 11 is 12.4. The van der Waals surface area contributed by atoms with Gasteiger partial charge < -0.3 is 4.74 Å². The largest absolute Gasteiger partial charge is 0.486 e. The zero-order valence-corrected chi connectivity index (χ0v) is 20.4. The van der Waals surface area contributed by atoms with Gasteiger partial charge in [0.2, 0.25) is 0 Å². The van der Waals surface area contributed by atoms with Crippen molar-refractivity contribution in [2.45, 2.75) is 17.7 Å². The van der Waals surface area contributed by atoms with E-state index in [1.165, 1.54) is 28.8 Å². The molecule has 3 aromatic carbocycles. The van der Waals surface area contributed by atoms with Crippen molar-refractivity contribution in [3.8, 4) is 22.6 Å². The molecule has 1 heterocycles. The lowest BCUT2D eigenvalue weighted by molar-refractivity contribution is -0.141. The van der Waals surface area contributed by atoms with Crippen molar-refractivity contribution in [1.82, 2.24) is 9.55 Å². The number of ether oxygens (including phenoxy) is 1. The van der Waals surface area contributed by atoms with Crippen LogP contribution in [0.25, 0.3) is 16.8 Å². The van der Waals surface area contributed by atoms with Crippen molar-refractivity contribution < 1.29 is 26.3 Å². The lowest BCUT2D eigenvalue weighted by Gasteiger charge is -2.12. The summed E-state index contributed by atoms with van der Waals surface area (Å²) in [6.07, 6.45) is -2.70. The Labute approximate surface area is 209 Å². The molecule has 0 aliphatic heterocycles. The van der Waals surface area contributed by atoms with Crippen molar-refractivity contribution in [2.75, 3.05) is 6.26 Å². The Balaban J connectivity index is 1.57. The first-order valence-corrected chi connectivity index (χ1v) is 12.7. The fraction of sp³-hybridized carbons (Fsp3) is 0.125. The molecular weight excluding hydrogens is 524 g/mol. The molecule has 5 nitrogen and oxygen atoms in total. The fourth-order valence-electron chi connectivity index (χ4n) is 3.36. The Morgan fingerprint density at radius 2 is 1.46 bits per heavy atom. The summed E-state index contributed by atoms with van der Waals surface area (Å²) in [6.45, 7) is -0.278. The highest BCUT2D eigenvalue weighted by Crippen LogP contribution is 2.34. The summed E-state index contributed by atoms with van der Waals surface area (Å²) in [7, 11) is -3.29. The van der Waals surface area contributed by atoms with Gasteiger partial charge in [-0.3, -0.25) is 4.57 Å². The highest BCUT2D eigenvalue weighted by Gasteiger charge is 2.35. The highest BCUT2D eigenvalue weighted by atomic mass is 35.5. The van der Waals surface area contributed by atoms with E-state index in [1.807, 2.05) is 0 Å². The van der Waals surface area contributed by atoms with Gasteiger partial charge in [-0.25, -0.2) is 13.4 Å². The Bertz CT molecular complexity index is 1450. The molecule has 0 saturated heterocycles. The van der Waals surface area contributed by atoms with Crippen LogP contribution in [0.5, 0.6) is 5.75 Å². The Morgan fingerprint density at radius 3 is 1.97 bits per heavy atom. The molecule has 0 bridgehead atoms. The van der Waals surface area contributed by atoms with E-state index in [1.54, 1.807) is 42.5 Å². The third kappa shape index (κ3) is 5.63. The average molecular weight is 541 g/mol. The van der Waals surface area contributed by atoms with Gasteiger partial charge in [-0.1, -0.05) is 53.5 Å². The zero-order valence-electron chi connectivity index (χ0n) is 18.1. The van der Waals surface area contributed by atoms with E-state index >= 15 is 0 Å². The van der Waals surface area contributed by atoms with E-state index < -0.39 is 21.7 Å². The molecule has 0 saturated carbocycles. The molecule has 0 atom stereocenters. The minimum absolute atomic E-state index is 0.0345. The molecule has 0 aliphatic rings. The topological polar surface area (TPSA) is 61.2 Å². The highest BCUT2D eigenvalue weighted by molar-refractivity contribution is 7.90. The number of hydrogen-bond donors (Lipinski definition) is 0. The molecule has 0 N–H and O–H groups in total. The van der Waals surface area contributed by atoms with Gasteiger partial charge in [-0.2, -0.15) is 13.2 Å². The Morgan fingerprint density at radius 1 is 0.914 bits per heavy atom. The van der Waals surface area contributed by atoms with Gasteiger partial charge >= 0.3 is 6.18 Å². The number of nitrogens with zero attached hydrogens (tertiary/aromatic N) is 2. The summed E-state index contributed by atoms with van der Waals surface area (Å²) in [5, 5.41) is 0.326. The van der Waals surface area contributed by atoms with Crippen LogP contribution in [0.2, 0.25) is 10.0 Å². The van der Waals surface area contributed by atoms with Gasteiger partial charge in [0.05, 0.1) is 20.6 Å². The van der Waals surface area contributed by atoms with Crippen LogP contribution in [0.1, 0.15) is 11.5 Å². The number of alkyl halides is 3. The number of halogens is 5. The molecule has 35 heavy (non-hydrogen) atoms. The maximum absolute atomic E-state index is 13.3. The number of rotatable bonds is 6. The van der Waals surface area contributed by atoms with Crippen LogP contribution in [-0.4, -0.2) is 24.2 Å². The van der Waals surface area contributed by atoms with Crippen molar-refractivity contribution in [3.63, 3.8) is 0 Å². The van der Waals surface area contributed by atoms with Gasteiger partial charge in [0.1, 0.15) is 12.4 Å². The number of aromatic nitrogens is 2. The van der Waals surface area contributed by atoms with Crippen molar-refractivity contribution >= 4 is 33.0 Å². The predicted molar refractivity (Wildman–Crippen MR) is 128 cm³/mol. The van der Waals surface area contributed by atoms with E-state index in [0.29, 0.717) is 5.75 Å². The maximum atomic E-state index is 13.3. The van der Waals surface area contributed by atoms with Crippen LogP contribution in [0.15, 0.2) is 77.8 Å². The molecule has 0 radical (unpaired) electrons. The minimum atomic E-state index is -4.66. The van der Waals surface area contributed by atoms with Gasteiger partial charge in [0, 0.05) is 12.5 Å². The van der Waals surface area contributed by atoms with Crippen molar-refractivity contribution in [1.29, 1.82) is 0 Å². The summed E-state index contributed by atoms with van der Waals surface area (Å²) in [4.78, 5) is 3.91. The molecule has 0 aliphatic carbocycles. The first kappa shape index (κ1) is 25.1. The normalized spacial score (nSPS) is 12.1. The SMILES string of the molecule is CS(=O)(=O)c1ccc(-c2ccc(OCc3nc(C(F)(F)F)cn3-c3c(Cl)cccc3Cl)cc2)cc1. The third-order valence-corrected chi connectivity index (χ3v) is 6.82. The molecule has 182 valence electrons. The first-order chi connectivity index (χ1) is 16.4. The molecule has 1 aromatic heterocycles. The van der Waals surface area contributed by atoms with Crippen LogP contribution < -0.4 is 4.74 Å². The number of sulfone groups is 1. The first-order valence-electron chi connectivity index (χ1n) is 10.1. The molecular formula is C24H17Cl2F3N2O3S. The van der Waals surface area contributed by atoms with Gasteiger partial charge in [-0.15, -0.1) is 0 Å². The van der Waals surface area contributed by atoms with E-state index in [-0.39, 0.29) is 33.1 Å². The van der Waals surface area contributed by atoms with Crippen LogP contribution in [0, 0.1) is 0 Å². The van der Waals surface area contributed by atoms with E-state index in [2.05, 4.69) is 4.98 Å².